The van der Waals surface area contributed by atoms with E-state index >= 15 is 0 Å². The Hall–Kier alpha value is -0.140. The predicted octanol–water partition coefficient (Wildman–Crippen LogP) is 3.30. The van der Waals surface area contributed by atoms with Crippen molar-refractivity contribution in [3.05, 3.63) is 31.8 Å². The van der Waals surface area contributed by atoms with E-state index in [1.807, 2.05) is 23.1 Å². The average Bonchev–Trinajstić information content (AvgIpc) is 2.41. The number of likely N-dealkylation sites (tertiary alicyclic amines) is 1. The number of halogens is 2. The third kappa shape index (κ3) is 3.24. The first kappa shape index (κ1) is 14.3. The van der Waals surface area contributed by atoms with Gasteiger partial charge in [-0.15, -0.1) is 0 Å². The summed E-state index contributed by atoms with van der Waals surface area (Å²) in [5, 5.41) is 0. The molecule has 0 aliphatic carbocycles. The van der Waals surface area contributed by atoms with E-state index in [4.69, 9.17) is 4.74 Å². The Balaban J connectivity index is 2.10. The highest BCUT2D eigenvalue weighted by Crippen LogP contribution is 2.22. The zero-order chi connectivity index (χ0) is 13.1. The molecule has 1 heterocycles. The molecule has 2 rings (SSSR count). The molecule has 18 heavy (non-hydrogen) atoms. The van der Waals surface area contributed by atoms with E-state index in [9.17, 15) is 4.79 Å². The van der Waals surface area contributed by atoms with Gasteiger partial charge in [-0.25, -0.2) is 0 Å². The minimum atomic E-state index is 0.121. The summed E-state index contributed by atoms with van der Waals surface area (Å²) in [4.78, 5) is 14.3. The van der Waals surface area contributed by atoms with Gasteiger partial charge in [0.05, 0.1) is 11.7 Å². The molecule has 98 valence electrons. The maximum absolute atomic E-state index is 12.4. The second-order valence-corrected chi connectivity index (χ2v) is 6.43. The molecule has 1 aliphatic rings. The van der Waals surface area contributed by atoms with E-state index in [0.29, 0.717) is 6.10 Å². The van der Waals surface area contributed by atoms with Crippen molar-refractivity contribution >= 4 is 44.4 Å². The van der Waals surface area contributed by atoms with Gasteiger partial charge < -0.3 is 9.64 Å². The number of methoxy groups -OCH3 is 1. The van der Waals surface area contributed by atoms with Gasteiger partial charge in [-0.2, -0.15) is 0 Å². The van der Waals surface area contributed by atoms with Gasteiger partial charge in [0.15, 0.2) is 0 Å². The third-order valence-corrected chi connectivity index (χ3v) is 4.66. The molecule has 3 nitrogen and oxygen atoms in total. The number of rotatable bonds is 2. The van der Waals surface area contributed by atoms with E-state index in [1.54, 1.807) is 7.11 Å². The minimum Gasteiger partial charge on any atom is -0.381 e. The predicted molar refractivity (Wildman–Crippen MR) is 82.8 cm³/mol. The lowest BCUT2D eigenvalue weighted by Gasteiger charge is -2.31. The van der Waals surface area contributed by atoms with Crippen LogP contribution in [0.15, 0.2) is 22.7 Å². The van der Waals surface area contributed by atoms with Crippen LogP contribution in [0.1, 0.15) is 23.2 Å². The molecule has 0 atom stereocenters. The lowest BCUT2D eigenvalue weighted by molar-refractivity contribution is 0.0350. The summed E-state index contributed by atoms with van der Waals surface area (Å²) in [6, 6.07) is 5.81. The van der Waals surface area contributed by atoms with E-state index in [2.05, 4.69) is 38.5 Å². The number of benzene rings is 1. The first-order chi connectivity index (χ1) is 8.61. The van der Waals surface area contributed by atoms with Crippen LogP contribution in [-0.2, 0) is 4.74 Å². The summed E-state index contributed by atoms with van der Waals surface area (Å²) < 4.78 is 7.26. The van der Waals surface area contributed by atoms with Gasteiger partial charge in [0.2, 0.25) is 0 Å². The molecule has 0 spiro atoms. The quantitative estimate of drug-likeness (QED) is 0.683. The van der Waals surface area contributed by atoms with E-state index in [-0.39, 0.29) is 5.91 Å². The van der Waals surface area contributed by atoms with Gasteiger partial charge in [-0.05, 0) is 53.6 Å². The molecule has 0 N–H and O–H groups in total. The van der Waals surface area contributed by atoms with Gasteiger partial charge in [0, 0.05) is 28.2 Å². The zero-order valence-corrected chi connectivity index (χ0v) is 13.9. The maximum Gasteiger partial charge on any atom is 0.254 e. The van der Waals surface area contributed by atoms with Crippen molar-refractivity contribution in [1.82, 2.24) is 4.90 Å². The number of piperidine rings is 1. The average molecular weight is 424 g/mol. The number of nitrogens with zero attached hydrogens (tertiary/aromatic N) is 1. The molecule has 1 aromatic rings. The highest BCUT2D eigenvalue weighted by Gasteiger charge is 2.24. The molecule has 1 fully saturated rings. The lowest BCUT2D eigenvalue weighted by Crippen LogP contribution is -2.40. The summed E-state index contributed by atoms with van der Waals surface area (Å²) in [6.45, 7) is 1.56. The van der Waals surface area contributed by atoms with Gasteiger partial charge in [0.1, 0.15) is 0 Å². The fourth-order valence-corrected chi connectivity index (χ4v) is 3.05. The fourth-order valence-electron chi connectivity index (χ4n) is 2.13. The number of hydrogen-bond donors (Lipinski definition) is 0. The van der Waals surface area contributed by atoms with Crippen LogP contribution in [0.3, 0.4) is 0 Å². The van der Waals surface area contributed by atoms with Crippen LogP contribution < -0.4 is 0 Å². The normalized spacial score (nSPS) is 16.9. The SMILES string of the molecule is COC1CCN(C(=O)c2cc(Br)ccc2I)CC1. The molecule has 0 unspecified atom stereocenters. The minimum absolute atomic E-state index is 0.121. The summed E-state index contributed by atoms with van der Waals surface area (Å²) in [5.74, 6) is 0.121. The smallest absolute Gasteiger partial charge is 0.254 e. The molecule has 1 aliphatic heterocycles. The van der Waals surface area contributed by atoms with Crippen LogP contribution in [0.25, 0.3) is 0 Å². The summed E-state index contributed by atoms with van der Waals surface area (Å²) in [7, 11) is 1.74. The highest BCUT2D eigenvalue weighted by atomic mass is 127. The van der Waals surface area contributed by atoms with E-state index in [1.165, 1.54) is 0 Å². The van der Waals surface area contributed by atoms with Crippen LogP contribution in [0.4, 0.5) is 0 Å². The third-order valence-electron chi connectivity index (χ3n) is 3.22. The lowest BCUT2D eigenvalue weighted by atomic mass is 10.1. The Morgan fingerprint density at radius 2 is 2.11 bits per heavy atom. The van der Waals surface area contributed by atoms with Gasteiger partial charge in [-0.1, -0.05) is 15.9 Å². The molecule has 1 saturated heterocycles. The Labute approximate surface area is 129 Å². The second-order valence-electron chi connectivity index (χ2n) is 4.35. The van der Waals surface area contributed by atoms with Crippen molar-refractivity contribution in [2.75, 3.05) is 20.2 Å². The number of amides is 1. The van der Waals surface area contributed by atoms with Crippen molar-refractivity contribution in [2.24, 2.45) is 0 Å². The molecular weight excluding hydrogens is 409 g/mol. The monoisotopic (exact) mass is 423 g/mol. The van der Waals surface area contributed by atoms with Crippen LogP contribution in [0, 0.1) is 3.57 Å². The molecule has 0 radical (unpaired) electrons. The highest BCUT2D eigenvalue weighted by molar-refractivity contribution is 14.1. The molecule has 1 aromatic carbocycles. The van der Waals surface area contributed by atoms with E-state index < -0.39 is 0 Å². The summed E-state index contributed by atoms with van der Waals surface area (Å²) in [6.07, 6.45) is 2.15. The molecule has 1 amide bonds. The second kappa shape index (κ2) is 6.34. The van der Waals surface area contributed by atoms with Gasteiger partial charge in [0.25, 0.3) is 5.91 Å². The molecule has 5 heteroatoms. The van der Waals surface area contributed by atoms with Crippen molar-refractivity contribution in [1.29, 1.82) is 0 Å². The van der Waals surface area contributed by atoms with Crippen LogP contribution in [0.5, 0.6) is 0 Å². The van der Waals surface area contributed by atoms with Crippen LogP contribution in [-0.4, -0.2) is 37.1 Å². The maximum atomic E-state index is 12.4. The van der Waals surface area contributed by atoms with Crippen molar-refractivity contribution in [2.45, 2.75) is 18.9 Å². The Morgan fingerprint density at radius 3 is 2.72 bits per heavy atom. The topological polar surface area (TPSA) is 29.5 Å². The van der Waals surface area contributed by atoms with Crippen LogP contribution >= 0.6 is 38.5 Å². The number of carbonyl (C=O) groups is 1. The number of hydrogen-bond acceptors (Lipinski definition) is 2. The molecule has 0 bridgehead atoms. The van der Waals surface area contributed by atoms with Crippen molar-refractivity contribution in [3.63, 3.8) is 0 Å². The molecule has 0 aromatic heterocycles. The molecular formula is C13H15BrINO2. The Morgan fingerprint density at radius 1 is 1.44 bits per heavy atom. The van der Waals surface area contributed by atoms with Crippen molar-refractivity contribution < 1.29 is 9.53 Å². The van der Waals surface area contributed by atoms with Crippen LogP contribution in [0.2, 0.25) is 0 Å². The largest absolute Gasteiger partial charge is 0.381 e. The summed E-state index contributed by atoms with van der Waals surface area (Å²) >= 11 is 5.62. The molecule has 0 saturated carbocycles. The zero-order valence-electron chi connectivity index (χ0n) is 10.2. The number of ether oxygens (including phenoxy) is 1. The van der Waals surface area contributed by atoms with Gasteiger partial charge in [-0.3, -0.25) is 4.79 Å². The first-order valence-corrected chi connectivity index (χ1v) is 7.76. The Kier molecular flexibility index (Phi) is 5.03. The summed E-state index contributed by atoms with van der Waals surface area (Å²) in [5.41, 5.74) is 0.779. The number of carbonyl (C=O) groups excluding carboxylic acids is 1. The standard InChI is InChI=1S/C13H15BrINO2/c1-18-10-4-6-16(7-5-10)13(17)11-8-9(14)2-3-12(11)15/h2-3,8,10H,4-7H2,1H3. The fraction of sp³-hybridized carbons (Fsp3) is 0.462. The van der Waals surface area contributed by atoms with E-state index in [0.717, 1.165) is 39.5 Å². The van der Waals surface area contributed by atoms with Crippen molar-refractivity contribution in [3.8, 4) is 0 Å². The first-order valence-electron chi connectivity index (χ1n) is 5.89. The van der Waals surface area contributed by atoms with Gasteiger partial charge >= 0.3 is 0 Å². The Bertz CT molecular complexity index is 445.